The molecule has 1 rings (SSSR count). The standard InChI is InChI=1S/C15H28N2O3/c1-7-20-9-8-17-11(10(2)3)13(18)16-12(14(17)19)15(4,5)6/h10-12H,7-9H2,1-6H3,(H,16,18). The Morgan fingerprint density at radius 1 is 1.30 bits per heavy atom. The molecule has 0 aromatic carbocycles. The third kappa shape index (κ3) is 3.72. The zero-order valence-corrected chi connectivity index (χ0v) is 13.5. The van der Waals surface area contributed by atoms with Gasteiger partial charge in [-0.1, -0.05) is 34.6 Å². The van der Waals surface area contributed by atoms with Crippen LogP contribution in [0.3, 0.4) is 0 Å². The van der Waals surface area contributed by atoms with Crippen molar-refractivity contribution in [3.8, 4) is 0 Å². The van der Waals surface area contributed by atoms with Crippen LogP contribution in [0.15, 0.2) is 0 Å². The van der Waals surface area contributed by atoms with E-state index in [4.69, 9.17) is 4.74 Å². The number of ether oxygens (including phenoxy) is 1. The maximum atomic E-state index is 12.7. The Bertz CT molecular complexity index is 361. The van der Waals surface area contributed by atoms with Crippen LogP contribution in [0.25, 0.3) is 0 Å². The van der Waals surface area contributed by atoms with E-state index in [1.54, 1.807) is 4.90 Å². The topological polar surface area (TPSA) is 58.6 Å². The first-order chi connectivity index (χ1) is 9.20. The third-order valence-electron chi connectivity index (χ3n) is 3.60. The molecule has 0 radical (unpaired) electrons. The normalized spacial score (nSPS) is 24.2. The number of hydrogen-bond donors (Lipinski definition) is 1. The fourth-order valence-corrected chi connectivity index (χ4v) is 2.54. The molecule has 1 aliphatic heterocycles. The maximum absolute atomic E-state index is 12.7. The summed E-state index contributed by atoms with van der Waals surface area (Å²) in [7, 11) is 0. The lowest BCUT2D eigenvalue weighted by Crippen LogP contribution is -2.68. The van der Waals surface area contributed by atoms with Crippen molar-refractivity contribution in [1.82, 2.24) is 10.2 Å². The third-order valence-corrected chi connectivity index (χ3v) is 3.60. The summed E-state index contributed by atoms with van der Waals surface area (Å²) in [6, 6.07) is -0.867. The van der Waals surface area contributed by atoms with E-state index in [1.165, 1.54) is 0 Å². The first kappa shape index (κ1) is 17.0. The number of piperazine rings is 1. The van der Waals surface area contributed by atoms with Gasteiger partial charge in [0.25, 0.3) is 0 Å². The minimum absolute atomic E-state index is 0.00416. The van der Waals surface area contributed by atoms with E-state index in [9.17, 15) is 9.59 Å². The first-order valence-electron chi connectivity index (χ1n) is 7.38. The molecule has 0 spiro atoms. The lowest BCUT2D eigenvalue weighted by Gasteiger charge is -2.44. The van der Waals surface area contributed by atoms with Gasteiger partial charge in [-0.05, 0) is 18.3 Å². The largest absolute Gasteiger partial charge is 0.380 e. The van der Waals surface area contributed by atoms with Crippen LogP contribution in [-0.4, -0.2) is 48.6 Å². The van der Waals surface area contributed by atoms with E-state index in [2.05, 4.69) is 5.32 Å². The van der Waals surface area contributed by atoms with Crippen molar-refractivity contribution in [1.29, 1.82) is 0 Å². The Labute approximate surface area is 122 Å². The van der Waals surface area contributed by atoms with Crippen LogP contribution in [0.4, 0.5) is 0 Å². The van der Waals surface area contributed by atoms with Gasteiger partial charge in [-0.15, -0.1) is 0 Å². The van der Waals surface area contributed by atoms with Crippen molar-refractivity contribution < 1.29 is 14.3 Å². The highest BCUT2D eigenvalue weighted by Gasteiger charge is 2.45. The molecule has 1 aliphatic rings. The highest BCUT2D eigenvalue weighted by atomic mass is 16.5. The first-order valence-corrected chi connectivity index (χ1v) is 7.38. The quantitative estimate of drug-likeness (QED) is 0.777. The highest BCUT2D eigenvalue weighted by molar-refractivity contribution is 5.97. The van der Waals surface area contributed by atoms with Gasteiger partial charge in [0.2, 0.25) is 11.8 Å². The molecular weight excluding hydrogens is 256 g/mol. The van der Waals surface area contributed by atoms with Crippen molar-refractivity contribution in [2.24, 2.45) is 11.3 Å². The van der Waals surface area contributed by atoms with Crippen LogP contribution in [-0.2, 0) is 14.3 Å². The molecule has 0 aromatic heterocycles. The Balaban J connectivity index is 2.95. The Morgan fingerprint density at radius 2 is 1.90 bits per heavy atom. The van der Waals surface area contributed by atoms with Crippen LogP contribution in [0.1, 0.15) is 41.5 Å². The molecule has 1 heterocycles. The summed E-state index contributed by atoms with van der Waals surface area (Å²) in [6.45, 7) is 13.3. The van der Waals surface area contributed by atoms with Gasteiger partial charge >= 0.3 is 0 Å². The molecule has 0 saturated carbocycles. The Kier molecular flexibility index (Phi) is 5.57. The predicted octanol–water partition coefficient (Wildman–Crippen LogP) is 1.42. The van der Waals surface area contributed by atoms with Crippen LogP contribution >= 0.6 is 0 Å². The van der Waals surface area contributed by atoms with Gasteiger partial charge in [0.1, 0.15) is 12.1 Å². The van der Waals surface area contributed by atoms with E-state index in [-0.39, 0.29) is 23.1 Å². The molecular formula is C15H28N2O3. The molecule has 5 nitrogen and oxygen atoms in total. The SMILES string of the molecule is CCOCCN1C(=O)C(C(C)(C)C)NC(=O)C1C(C)C. The summed E-state index contributed by atoms with van der Waals surface area (Å²) in [5.74, 6) is 0.0213. The summed E-state index contributed by atoms with van der Waals surface area (Å²) in [4.78, 5) is 26.7. The van der Waals surface area contributed by atoms with Crippen molar-refractivity contribution in [3.63, 3.8) is 0 Å². The average molecular weight is 284 g/mol. The molecule has 5 heteroatoms. The molecule has 1 saturated heterocycles. The summed E-state index contributed by atoms with van der Waals surface area (Å²) in [6.07, 6.45) is 0. The van der Waals surface area contributed by atoms with Crippen molar-refractivity contribution in [2.45, 2.75) is 53.6 Å². The maximum Gasteiger partial charge on any atom is 0.246 e. The van der Waals surface area contributed by atoms with Gasteiger partial charge in [-0.2, -0.15) is 0 Å². The number of nitrogens with zero attached hydrogens (tertiary/aromatic N) is 1. The van der Waals surface area contributed by atoms with Gasteiger partial charge in [-0.3, -0.25) is 9.59 Å². The van der Waals surface area contributed by atoms with Crippen LogP contribution in [0.2, 0.25) is 0 Å². The van der Waals surface area contributed by atoms with Crippen LogP contribution < -0.4 is 5.32 Å². The van der Waals surface area contributed by atoms with E-state index >= 15 is 0 Å². The lowest BCUT2D eigenvalue weighted by atomic mass is 9.83. The van der Waals surface area contributed by atoms with Crippen molar-refractivity contribution in [2.75, 3.05) is 19.8 Å². The predicted molar refractivity (Wildman–Crippen MR) is 78.2 cm³/mol. The lowest BCUT2D eigenvalue weighted by molar-refractivity contribution is -0.155. The molecule has 0 aromatic rings. The van der Waals surface area contributed by atoms with E-state index < -0.39 is 12.1 Å². The highest BCUT2D eigenvalue weighted by Crippen LogP contribution is 2.27. The molecule has 20 heavy (non-hydrogen) atoms. The molecule has 116 valence electrons. The zero-order chi connectivity index (χ0) is 15.5. The number of amides is 2. The average Bonchev–Trinajstić information content (AvgIpc) is 2.31. The smallest absolute Gasteiger partial charge is 0.246 e. The number of hydrogen-bond acceptors (Lipinski definition) is 3. The molecule has 1 fully saturated rings. The van der Waals surface area contributed by atoms with Crippen molar-refractivity contribution in [3.05, 3.63) is 0 Å². The molecule has 1 N–H and O–H groups in total. The Hall–Kier alpha value is -1.10. The molecule has 0 bridgehead atoms. The second kappa shape index (κ2) is 6.57. The summed E-state index contributed by atoms with van der Waals surface area (Å²) in [5, 5.41) is 2.89. The van der Waals surface area contributed by atoms with E-state index in [0.717, 1.165) is 0 Å². The molecule has 2 unspecified atom stereocenters. The fraction of sp³-hybridized carbons (Fsp3) is 0.867. The monoisotopic (exact) mass is 284 g/mol. The number of rotatable bonds is 5. The number of carbonyl (C=O) groups is 2. The van der Waals surface area contributed by atoms with Crippen LogP contribution in [0.5, 0.6) is 0 Å². The van der Waals surface area contributed by atoms with Gasteiger partial charge < -0.3 is 15.0 Å². The molecule has 0 aliphatic carbocycles. The number of carbonyl (C=O) groups excluding carboxylic acids is 2. The van der Waals surface area contributed by atoms with E-state index in [0.29, 0.717) is 19.8 Å². The van der Waals surface area contributed by atoms with Gasteiger partial charge in [0, 0.05) is 13.2 Å². The summed E-state index contributed by atoms with van der Waals surface area (Å²) >= 11 is 0. The molecule has 2 amide bonds. The second-order valence-electron chi connectivity index (χ2n) is 6.73. The minimum Gasteiger partial charge on any atom is -0.380 e. The van der Waals surface area contributed by atoms with Gasteiger partial charge in [0.05, 0.1) is 6.61 Å². The van der Waals surface area contributed by atoms with Gasteiger partial charge in [0.15, 0.2) is 0 Å². The summed E-state index contributed by atoms with van der Waals surface area (Å²) < 4.78 is 5.34. The molecule has 2 atom stereocenters. The zero-order valence-electron chi connectivity index (χ0n) is 13.5. The summed E-state index contributed by atoms with van der Waals surface area (Å²) in [5.41, 5.74) is -0.293. The van der Waals surface area contributed by atoms with E-state index in [1.807, 2.05) is 41.5 Å². The second-order valence-corrected chi connectivity index (χ2v) is 6.73. The van der Waals surface area contributed by atoms with Gasteiger partial charge in [-0.25, -0.2) is 0 Å². The van der Waals surface area contributed by atoms with Crippen LogP contribution in [0, 0.1) is 11.3 Å². The van der Waals surface area contributed by atoms with Crippen molar-refractivity contribution >= 4 is 11.8 Å². The number of nitrogens with one attached hydrogen (secondary N) is 1. The minimum atomic E-state index is -0.466. The fourth-order valence-electron chi connectivity index (χ4n) is 2.54. The Morgan fingerprint density at radius 3 is 2.35 bits per heavy atom.